The van der Waals surface area contributed by atoms with E-state index in [1.807, 2.05) is 67.6 Å². The van der Waals surface area contributed by atoms with Gasteiger partial charge < -0.3 is 4.74 Å². The fraction of sp³-hybridized carbons (Fsp3) is 0.214. The van der Waals surface area contributed by atoms with Gasteiger partial charge in [0.1, 0.15) is 0 Å². The van der Waals surface area contributed by atoms with Crippen molar-refractivity contribution < 1.29 is 14.3 Å². The van der Waals surface area contributed by atoms with Gasteiger partial charge in [-0.3, -0.25) is 23.9 Å². The molecule has 0 unspecified atom stereocenters. The van der Waals surface area contributed by atoms with E-state index in [0.29, 0.717) is 10.9 Å². The number of rotatable bonds is 5. The molecule has 1 aliphatic rings. The molecule has 176 valence electrons. The summed E-state index contributed by atoms with van der Waals surface area (Å²) in [5.74, 6) is -0.869. The molecule has 0 fully saturated rings. The molecule has 1 aromatic heterocycles. The van der Waals surface area contributed by atoms with Gasteiger partial charge in [-0.05, 0) is 54.7 Å². The molecule has 1 aliphatic heterocycles. The quantitative estimate of drug-likeness (QED) is 0.413. The maximum absolute atomic E-state index is 13.3. The van der Waals surface area contributed by atoms with Gasteiger partial charge in [-0.15, -0.1) is 0 Å². The van der Waals surface area contributed by atoms with Crippen LogP contribution in [0.4, 0.5) is 11.4 Å². The predicted molar refractivity (Wildman–Crippen MR) is 134 cm³/mol. The molecule has 0 radical (unpaired) electrons. The number of fused-ring (bicyclic) bond motifs is 3. The van der Waals surface area contributed by atoms with Gasteiger partial charge in [0, 0.05) is 6.54 Å². The van der Waals surface area contributed by atoms with Gasteiger partial charge in [0.15, 0.2) is 6.61 Å². The number of carbonyl (C=O) groups excluding carboxylic acids is 2. The van der Waals surface area contributed by atoms with Crippen molar-refractivity contribution in [1.29, 1.82) is 0 Å². The van der Waals surface area contributed by atoms with Crippen molar-refractivity contribution in [2.45, 2.75) is 32.7 Å². The van der Waals surface area contributed by atoms with Crippen molar-refractivity contribution in [2.24, 2.45) is 0 Å². The zero-order valence-electron chi connectivity index (χ0n) is 19.4. The summed E-state index contributed by atoms with van der Waals surface area (Å²) in [5.41, 5.74) is 5.12. The van der Waals surface area contributed by atoms with Crippen LogP contribution in [0.2, 0.25) is 0 Å². The second kappa shape index (κ2) is 9.54. The van der Waals surface area contributed by atoms with E-state index in [9.17, 15) is 14.4 Å². The molecule has 4 aromatic rings. The van der Waals surface area contributed by atoms with E-state index in [0.717, 1.165) is 40.9 Å². The molecule has 1 amide bonds. The van der Waals surface area contributed by atoms with E-state index in [-0.39, 0.29) is 31.0 Å². The lowest BCUT2D eigenvalue weighted by Crippen LogP contribution is -2.31. The van der Waals surface area contributed by atoms with Crippen LogP contribution in [0.15, 0.2) is 77.9 Å². The number of nitrogens with zero attached hydrogens (tertiary/aromatic N) is 3. The summed E-state index contributed by atoms with van der Waals surface area (Å²) in [6.07, 6.45) is 3.05. The molecule has 0 N–H and O–H groups in total. The van der Waals surface area contributed by atoms with Crippen molar-refractivity contribution in [3.63, 3.8) is 0 Å². The number of aryl methyl sites for hydroxylation is 4. The number of amides is 1. The third-order valence-corrected chi connectivity index (χ3v) is 6.35. The highest BCUT2D eigenvalue weighted by atomic mass is 16.5. The number of ether oxygens (including phenoxy) is 1. The van der Waals surface area contributed by atoms with Crippen LogP contribution in [-0.4, -0.2) is 28.0 Å². The SMILES string of the molecule is Cc1cccc2c(=O)n(CCC(=O)OCC(=O)N3c4ccccc4CCc4ccccc43)cnc12. The molecule has 7 nitrogen and oxygen atoms in total. The molecule has 5 rings (SSSR count). The molecule has 0 aliphatic carbocycles. The molecular weight excluding hydrogens is 442 g/mol. The lowest BCUT2D eigenvalue weighted by atomic mass is 10.0. The van der Waals surface area contributed by atoms with Gasteiger partial charge >= 0.3 is 5.97 Å². The molecule has 0 atom stereocenters. The van der Waals surface area contributed by atoms with Gasteiger partial charge in [0.05, 0.1) is 35.0 Å². The number of aromatic nitrogens is 2. The molecule has 2 heterocycles. The number of hydrogen-bond acceptors (Lipinski definition) is 5. The van der Waals surface area contributed by atoms with E-state index in [1.54, 1.807) is 11.0 Å². The zero-order valence-corrected chi connectivity index (χ0v) is 19.4. The molecular formula is C28H25N3O4. The largest absolute Gasteiger partial charge is 0.455 e. The van der Waals surface area contributed by atoms with Crippen LogP contribution in [0.3, 0.4) is 0 Å². The summed E-state index contributed by atoms with van der Waals surface area (Å²) in [6.45, 7) is 1.64. The predicted octanol–water partition coefficient (Wildman–Crippen LogP) is 4.10. The molecule has 0 bridgehead atoms. The van der Waals surface area contributed by atoms with Gasteiger partial charge in [-0.25, -0.2) is 4.98 Å². The van der Waals surface area contributed by atoms with Crippen molar-refractivity contribution in [2.75, 3.05) is 11.5 Å². The minimum absolute atomic E-state index is 0.0423. The molecule has 0 saturated carbocycles. The Kier molecular flexibility index (Phi) is 6.14. The van der Waals surface area contributed by atoms with Gasteiger partial charge in [0.2, 0.25) is 0 Å². The lowest BCUT2D eigenvalue weighted by molar-refractivity contribution is -0.147. The second-order valence-electron chi connectivity index (χ2n) is 8.61. The number of para-hydroxylation sites is 3. The smallest absolute Gasteiger partial charge is 0.308 e. The van der Waals surface area contributed by atoms with E-state index < -0.39 is 5.97 Å². The Bertz CT molecular complexity index is 1440. The Morgan fingerprint density at radius 3 is 2.26 bits per heavy atom. The maximum atomic E-state index is 13.3. The third kappa shape index (κ3) is 4.45. The average Bonchev–Trinajstić information content (AvgIpc) is 3.04. The van der Waals surface area contributed by atoms with Crippen molar-refractivity contribution >= 4 is 34.2 Å². The number of esters is 1. The second-order valence-corrected chi connectivity index (χ2v) is 8.61. The van der Waals surface area contributed by atoms with Crippen LogP contribution in [0, 0.1) is 6.92 Å². The summed E-state index contributed by atoms with van der Waals surface area (Å²) in [5, 5.41) is 0.509. The fourth-order valence-corrected chi connectivity index (χ4v) is 4.54. The van der Waals surface area contributed by atoms with Gasteiger partial charge in [0.25, 0.3) is 11.5 Å². The van der Waals surface area contributed by atoms with Crippen LogP contribution in [0.5, 0.6) is 0 Å². The third-order valence-electron chi connectivity index (χ3n) is 6.35. The first-order chi connectivity index (χ1) is 17.0. The van der Waals surface area contributed by atoms with Crippen molar-refractivity contribution in [1.82, 2.24) is 9.55 Å². The highest BCUT2D eigenvalue weighted by Crippen LogP contribution is 2.35. The normalized spacial score (nSPS) is 12.5. The standard InChI is InChI=1S/C28H25N3O4/c1-19-7-6-10-22-27(19)29-18-30(28(22)34)16-15-26(33)35-17-25(32)31-23-11-4-2-8-20(23)13-14-21-9-3-5-12-24(21)31/h2-12,18H,13-17H2,1H3. The topological polar surface area (TPSA) is 81.5 Å². The van der Waals surface area contributed by atoms with Crippen LogP contribution >= 0.6 is 0 Å². The minimum atomic E-state index is -0.550. The van der Waals surface area contributed by atoms with Gasteiger partial charge in [-0.2, -0.15) is 0 Å². The highest BCUT2D eigenvalue weighted by molar-refractivity contribution is 6.03. The first-order valence-electron chi connectivity index (χ1n) is 11.6. The van der Waals surface area contributed by atoms with E-state index in [1.165, 1.54) is 10.9 Å². The first kappa shape index (κ1) is 22.5. The Hall–Kier alpha value is -4.26. The monoisotopic (exact) mass is 467 g/mol. The molecule has 7 heteroatoms. The van der Waals surface area contributed by atoms with Crippen LogP contribution in [0.1, 0.15) is 23.1 Å². The van der Waals surface area contributed by atoms with Crippen LogP contribution in [-0.2, 0) is 33.7 Å². The van der Waals surface area contributed by atoms with Gasteiger partial charge in [-0.1, -0.05) is 48.5 Å². The number of carbonyl (C=O) groups is 2. The molecule has 3 aromatic carbocycles. The van der Waals surface area contributed by atoms with Crippen molar-refractivity contribution in [3.8, 4) is 0 Å². The maximum Gasteiger partial charge on any atom is 0.308 e. The Labute approximate surface area is 202 Å². The lowest BCUT2D eigenvalue weighted by Gasteiger charge is -2.24. The fourth-order valence-electron chi connectivity index (χ4n) is 4.54. The molecule has 35 heavy (non-hydrogen) atoms. The van der Waals surface area contributed by atoms with Crippen LogP contribution in [0.25, 0.3) is 10.9 Å². The summed E-state index contributed by atoms with van der Waals surface area (Å²) in [6, 6.07) is 21.0. The molecule has 0 spiro atoms. The summed E-state index contributed by atoms with van der Waals surface area (Å²) < 4.78 is 6.73. The Morgan fingerprint density at radius 1 is 0.914 bits per heavy atom. The first-order valence-corrected chi connectivity index (χ1v) is 11.6. The van der Waals surface area contributed by atoms with Crippen LogP contribution < -0.4 is 10.5 Å². The Balaban J connectivity index is 1.28. The van der Waals surface area contributed by atoms with E-state index in [4.69, 9.17) is 4.74 Å². The highest BCUT2D eigenvalue weighted by Gasteiger charge is 2.26. The number of anilines is 2. The minimum Gasteiger partial charge on any atom is -0.455 e. The summed E-state index contributed by atoms with van der Waals surface area (Å²) in [7, 11) is 0. The van der Waals surface area contributed by atoms with E-state index >= 15 is 0 Å². The summed E-state index contributed by atoms with van der Waals surface area (Å²) in [4.78, 5) is 44.5. The summed E-state index contributed by atoms with van der Waals surface area (Å²) >= 11 is 0. The average molecular weight is 468 g/mol. The van der Waals surface area contributed by atoms with E-state index in [2.05, 4.69) is 4.98 Å². The molecule has 0 saturated heterocycles. The zero-order chi connectivity index (χ0) is 24.4. The Morgan fingerprint density at radius 2 is 1.57 bits per heavy atom. The number of benzene rings is 3. The van der Waals surface area contributed by atoms with Crippen molar-refractivity contribution in [3.05, 3.63) is 100 Å². The number of hydrogen-bond donors (Lipinski definition) is 0.